The van der Waals surface area contributed by atoms with Crippen LogP contribution in [-0.2, 0) is 9.05 Å². The zero-order valence-corrected chi connectivity index (χ0v) is 10.7. The third kappa shape index (κ3) is 2.65. The van der Waals surface area contributed by atoms with Gasteiger partial charge >= 0.3 is 0 Å². The number of nitrogens with zero attached hydrogens (tertiary/aromatic N) is 1. The van der Waals surface area contributed by atoms with Gasteiger partial charge in [0, 0.05) is 16.2 Å². The van der Waals surface area contributed by atoms with Crippen molar-refractivity contribution in [3.8, 4) is 11.3 Å². The zero-order valence-electron chi connectivity index (χ0n) is 9.09. The van der Waals surface area contributed by atoms with Gasteiger partial charge in [0.2, 0.25) is 0 Å². The molecule has 0 aliphatic heterocycles. The van der Waals surface area contributed by atoms with Crippen LogP contribution in [0.5, 0.6) is 0 Å². The van der Waals surface area contributed by atoms with Crippen molar-refractivity contribution in [2.45, 2.75) is 11.8 Å². The van der Waals surface area contributed by atoms with Gasteiger partial charge < -0.3 is 0 Å². The van der Waals surface area contributed by atoms with Crippen LogP contribution in [0.25, 0.3) is 11.3 Å². The molecule has 3 nitrogen and oxygen atoms in total. The van der Waals surface area contributed by atoms with Crippen LogP contribution >= 0.6 is 10.7 Å². The van der Waals surface area contributed by atoms with Gasteiger partial charge in [0.15, 0.2) is 0 Å². The summed E-state index contributed by atoms with van der Waals surface area (Å²) in [4.78, 5) is 4.30. The van der Waals surface area contributed by atoms with E-state index in [0.29, 0.717) is 5.69 Å². The highest BCUT2D eigenvalue weighted by molar-refractivity contribution is 8.13. The van der Waals surface area contributed by atoms with E-state index in [4.69, 9.17) is 10.7 Å². The van der Waals surface area contributed by atoms with Gasteiger partial charge in [0.05, 0.1) is 11.4 Å². The van der Waals surface area contributed by atoms with Crippen LogP contribution in [0.15, 0.2) is 47.4 Å². The molecule has 1 heterocycles. The monoisotopic (exact) mass is 267 g/mol. The van der Waals surface area contributed by atoms with E-state index in [2.05, 4.69) is 4.98 Å². The van der Waals surface area contributed by atoms with Gasteiger partial charge in [-0.1, -0.05) is 30.3 Å². The average Bonchev–Trinajstić information content (AvgIpc) is 2.28. The van der Waals surface area contributed by atoms with Crippen LogP contribution in [0.4, 0.5) is 0 Å². The highest BCUT2D eigenvalue weighted by Gasteiger charge is 2.14. The zero-order chi connectivity index (χ0) is 12.5. The van der Waals surface area contributed by atoms with E-state index in [1.807, 2.05) is 30.3 Å². The smallest absolute Gasteiger partial charge is 0.252 e. The molecule has 0 aliphatic carbocycles. The highest BCUT2D eigenvalue weighted by atomic mass is 35.7. The minimum absolute atomic E-state index is 0.0545. The Morgan fingerprint density at radius 3 is 2.24 bits per heavy atom. The normalized spacial score (nSPS) is 11.4. The molecule has 1 aromatic heterocycles. The topological polar surface area (TPSA) is 47.0 Å². The Labute approximate surface area is 105 Å². The molecule has 0 saturated carbocycles. The predicted octanol–water partition coefficient (Wildman–Crippen LogP) is 2.98. The van der Waals surface area contributed by atoms with Crippen LogP contribution in [0.3, 0.4) is 0 Å². The van der Waals surface area contributed by atoms with Crippen molar-refractivity contribution in [3.63, 3.8) is 0 Å². The number of hydrogen-bond acceptors (Lipinski definition) is 3. The van der Waals surface area contributed by atoms with Crippen LogP contribution in [0, 0.1) is 6.92 Å². The lowest BCUT2D eigenvalue weighted by Crippen LogP contribution is -1.98. The summed E-state index contributed by atoms with van der Waals surface area (Å²) >= 11 is 0. The van der Waals surface area contributed by atoms with E-state index in [9.17, 15) is 8.42 Å². The summed E-state index contributed by atoms with van der Waals surface area (Å²) in [6.07, 6.45) is 0. The average molecular weight is 268 g/mol. The predicted molar refractivity (Wildman–Crippen MR) is 67.4 cm³/mol. The Morgan fingerprint density at radius 2 is 1.71 bits per heavy atom. The molecule has 0 unspecified atom stereocenters. The first-order valence-electron chi connectivity index (χ1n) is 4.96. The molecule has 0 amide bonds. The maximum absolute atomic E-state index is 11.2. The van der Waals surface area contributed by atoms with E-state index in [0.717, 1.165) is 11.3 Å². The fourth-order valence-corrected chi connectivity index (χ4v) is 2.69. The molecule has 2 aromatic rings. The van der Waals surface area contributed by atoms with Crippen LogP contribution in [0.1, 0.15) is 5.69 Å². The molecule has 0 N–H and O–H groups in total. The van der Waals surface area contributed by atoms with Crippen molar-refractivity contribution in [2.24, 2.45) is 0 Å². The molecule has 0 fully saturated rings. The largest absolute Gasteiger partial charge is 0.263 e. The van der Waals surface area contributed by atoms with Crippen molar-refractivity contribution in [1.29, 1.82) is 0 Å². The fraction of sp³-hybridized carbons (Fsp3) is 0.0833. The number of pyridine rings is 1. The maximum atomic E-state index is 11.2. The number of rotatable bonds is 2. The lowest BCUT2D eigenvalue weighted by Gasteiger charge is -2.05. The van der Waals surface area contributed by atoms with Crippen molar-refractivity contribution in [3.05, 3.63) is 48.2 Å². The molecule has 5 heteroatoms. The summed E-state index contributed by atoms with van der Waals surface area (Å²) in [7, 11) is 1.57. The molecule has 0 aliphatic rings. The molecule has 0 spiro atoms. The minimum Gasteiger partial charge on any atom is -0.252 e. The van der Waals surface area contributed by atoms with Gasteiger partial charge in [-0.3, -0.25) is 4.98 Å². The van der Waals surface area contributed by atoms with Crippen molar-refractivity contribution >= 4 is 19.7 Å². The molecule has 88 valence electrons. The highest BCUT2D eigenvalue weighted by Crippen LogP contribution is 2.23. The lowest BCUT2D eigenvalue weighted by molar-refractivity contribution is 0.608. The first kappa shape index (κ1) is 12.1. The van der Waals surface area contributed by atoms with E-state index >= 15 is 0 Å². The Kier molecular flexibility index (Phi) is 3.17. The van der Waals surface area contributed by atoms with Gasteiger partial charge in [0.25, 0.3) is 9.05 Å². The number of halogens is 1. The van der Waals surface area contributed by atoms with E-state index in [1.54, 1.807) is 13.0 Å². The molecule has 1 aromatic carbocycles. The summed E-state index contributed by atoms with van der Waals surface area (Å²) in [6.45, 7) is 1.63. The Bertz CT molecular complexity index is 639. The van der Waals surface area contributed by atoms with Crippen LogP contribution < -0.4 is 0 Å². The van der Waals surface area contributed by atoms with Gasteiger partial charge in [-0.15, -0.1) is 0 Å². The van der Waals surface area contributed by atoms with Gasteiger partial charge in [-0.05, 0) is 19.1 Å². The number of hydrogen-bond donors (Lipinski definition) is 0. The van der Waals surface area contributed by atoms with E-state index in [1.165, 1.54) is 6.07 Å². The molecule has 0 bridgehead atoms. The first-order valence-corrected chi connectivity index (χ1v) is 7.27. The van der Waals surface area contributed by atoms with Gasteiger partial charge in [0.1, 0.15) is 4.90 Å². The number of aryl methyl sites for hydroxylation is 1. The second-order valence-electron chi connectivity index (χ2n) is 3.58. The number of aromatic nitrogens is 1. The fourth-order valence-electron chi connectivity index (χ4n) is 1.58. The Hall–Kier alpha value is -1.39. The molecule has 2 rings (SSSR count). The minimum atomic E-state index is -3.72. The molecular weight excluding hydrogens is 258 g/mol. The first-order chi connectivity index (χ1) is 7.98. The maximum Gasteiger partial charge on any atom is 0.263 e. The third-order valence-corrected chi connectivity index (χ3v) is 3.83. The second-order valence-corrected chi connectivity index (χ2v) is 6.12. The summed E-state index contributed by atoms with van der Waals surface area (Å²) in [6, 6.07) is 12.7. The summed E-state index contributed by atoms with van der Waals surface area (Å²) < 4.78 is 22.5. The van der Waals surface area contributed by atoms with Crippen molar-refractivity contribution in [1.82, 2.24) is 4.98 Å². The molecule has 0 radical (unpaired) electrons. The summed E-state index contributed by atoms with van der Waals surface area (Å²) in [5, 5.41) is 0. The third-order valence-electron chi connectivity index (χ3n) is 2.37. The van der Waals surface area contributed by atoms with Crippen molar-refractivity contribution in [2.75, 3.05) is 0 Å². The standard InChI is InChI=1S/C12H10ClNO2S/c1-9-12(17(13,15)16)8-7-11(14-9)10-5-3-2-4-6-10/h2-8H,1H3. The van der Waals surface area contributed by atoms with Crippen molar-refractivity contribution < 1.29 is 8.42 Å². The summed E-state index contributed by atoms with van der Waals surface area (Å²) in [5.41, 5.74) is 2.07. The van der Waals surface area contributed by atoms with Crippen LogP contribution in [-0.4, -0.2) is 13.4 Å². The quantitative estimate of drug-likeness (QED) is 0.786. The summed E-state index contributed by atoms with van der Waals surface area (Å²) in [5.74, 6) is 0. The molecule has 17 heavy (non-hydrogen) atoms. The molecular formula is C12H10ClNO2S. The Morgan fingerprint density at radius 1 is 1.06 bits per heavy atom. The SMILES string of the molecule is Cc1nc(-c2ccccc2)ccc1S(=O)(=O)Cl. The Balaban J connectivity index is 2.53. The van der Waals surface area contributed by atoms with E-state index in [-0.39, 0.29) is 4.90 Å². The second kappa shape index (κ2) is 4.47. The number of benzene rings is 1. The van der Waals surface area contributed by atoms with E-state index < -0.39 is 9.05 Å². The molecule has 0 atom stereocenters. The lowest BCUT2D eigenvalue weighted by atomic mass is 10.1. The van der Waals surface area contributed by atoms with Gasteiger partial charge in [-0.2, -0.15) is 0 Å². The van der Waals surface area contributed by atoms with Gasteiger partial charge in [-0.25, -0.2) is 8.42 Å². The van der Waals surface area contributed by atoms with Crippen LogP contribution in [0.2, 0.25) is 0 Å². The molecule has 0 saturated heterocycles.